The number of carbonyl (C=O) groups excluding carboxylic acids is 2. The van der Waals surface area contributed by atoms with E-state index in [1.54, 1.807) is 12.1 Å². The Kier molecular flexibility index (Phi) is 5.27. The van der Waals surface area contributed by atoms with Crippen molar-refractivity contribution in [1.82, 2.24) is 0 Å². The van der Waals surface area contributed by atoms with Crippen LogP contribution in [0.4, 0.5) is 5.69 Å². The van der Waals surface area contributed by atoms with Gasteiger partial charge in [0.2, 0.25) is 0 Å². The normalized spacial score (nSPS) is 17.5. The highest BCUT2D eigenvalue weighted by Gasteiger charge is 2.50. The number of esters is 2. The van der Waals surface area contributed by atoms with Crippen molar-refractivity contribution >= 4 is 17.6 Å². The molecule has 0 amide bonds. The lowest BCUT2D eigenvalue weighted by Crippen LogP contribution is -2.21. The van der Waals surface area contributed by atoms with Gasteiger partial charge in [0.05, 0.1) is 11.5 Å². The molecule has 3 rings (SSSR count). The van der Waals surface area contributed by atoms with E-state index in [-0.39, 0.29) is 23.8 Å². The number of nitro benzene ring substituents is 1. The first kappa shape index (κ1) is 19.3. The summed E-state index contributed by atoms with van der Waals surface area (Å²) < 4.78 is 21.6. The fourth-order valence-corrected chi connectivity index (χ4v) is 2.62. The molecule has 0 aromatic heterocycles. The second kappa shape index (κ2) is 7.65. The second-order valence-electron chi connectivity index (χ2n) is 6.17. The van der Waals surface area contributed by atoms with Gasteiger partial charge in [-0.05, 0) is 24.3 Å². The fourth-order valence-electron chi connectivity index (χ4n) is 2.62. The minimum absolute atomic E-state index is 0.0389. The average molecular weight is 387 g/mol. The molecule has 1 fully saturated rings. The van der Waals surface area contributed by atoms with E-state index in [0.29, 0.717) is 17.9 Å². The molecular weight excluding hydrogens is 370 g/mol. The van der Waals surface area contributed by atoms with Gasteiger partial charge in [-0.25, -0.2) is 0 Å². The number of carbonyl (C=O) groups is 2. The van der Waals surface area contributed by atoms with E-state index in [1.165, 1.54) is 44.2 Å². The Morgan fingerprint density at radius 3 is 2.21 bits per heavy atom. The lowest BCUT2D eigenvalue weighted by Gasteiger charge is -2.17. The molecule has 28 heavy (non-hydrogen) atoms. The molecule has 2 aromatic rings. The van der Waals surface area contributed by atoms with Crippen LogP contribution < -0.4 is 14.2 Å². The Morgan fingerprint density at radius 1 is 1.07 bits per heavy atom. The van der Waals surface area contributed by atoms with Crippen LogP contribution in [0, 0.1) is 10.1 Å². The minimum Gasteiger partial charge on any atom is -0.490 e. The molecule has 1 unspecified atom stereocenters. The van der Waals surface area contributed by atoms with E-state index in [9.17, 15) is 19.7 Å². The predicted molar refractivity (Wildman–Crippen MR) is 95.3 cm³/mol. The molecule has 1 aliphatic rings. The number of non-ortho nitro benzene ring substituents is 1. The first-order valence-corrected chi connectivity index (χ1v) is 8.32. The molecule has 0 aliphatic carbocycles. The summed E-state index contributed by atoms with van der Waals surface area (Å²) in [6, 6.07) is 10.3. The SMILES string of the molecule is CC(=O)Oc1ccc(C2(COc3ccc([N+](=O)[O-])cc3)CO2)c(OC(C)=O)c1. The summed E-state index contributed by atoms with van der Waals surface area (Å²) in [7, 11) is 0. The van der Waals surface area contributed by atoms with Crippen LogP contribution in [0.3, 0.4) is 0 Å². The standard InChI is InChI=1S/C19H17NO8/c1-12(21)27-16-7-8-17(18(9-16)28-13(2)22)19(11-26-19)10-25-15-5-3-14(4-6-15)20(23)24/h3-9H,10-11H2,1-2H3. The Hall–Kier alpha value is -3.46. The van der Waals surface area contributed by atoms with Crippen molar-refractivity contribution in [2.45, 2.75) is 19.4 Å². The molecule has 9 heteroatoms. The van der Waals surface area contributed by atoms with Crippen molar-refractivity contribution in [3.63, 3.8) is 0 Å². The highest BCUT2D eigenvalue weighted by molar-refractivity contribution is 5.72. The van der Waals surface area contributed by atoms with Crippen LogP contribution in [-0.2, 0) is 19.9 Å². The number of nitro groups is 1. The van der Waals surface area contributed by atoms with E-state index < -0.39 is 22.5 Å². The molecule has 9 nitrogen and oxygen atoms in total. The molecule has 1 heterocycles. The third-order valence-corrected chi connectivity index (χ3v) is 3.97. The average Bonchev–Trinajstić information content (AvgIpc) is 3.40. The molecule has 0 spiro atoms. The molecule has 2 aromatic carbocycles. The molecular formula is C19H17NO8. The minimum atomic E-state index is -0.832. The number of nitrogens with zero attached hydrogens (tertiary/aromatic N) is 1. The van der Waals surface area contributed by atoms with E-state index in [4.69, 9.17) is 18.9 Å². The monoisotopic (exact) mass is 387 g/mol. The lowest BCUT2D eigenvalue weighted by molar-refractivity contribution is -0.384. The lowest BCUT2D eigenvalue weighted by atomic mass is 9.99. The number of hydrogen-bond donors (Lipinski definition) is 0. The van der Waals surface area contributed by atoms with E-state index in [0.717, 1.165) is 0 Å². The van der Waals surface area contributed by atoms with Gasteiger partial charge in [0.1, 0.15) is 23.9 Å². The maximum absolute atomic E-state index is 11.5. The molecule has 1 aliphatic heterocycles. The summed E-state index contributed by atoms with van der Waals surface area (Å²) in [6.07, 6.45) is 0. The number of epoxide rings is 1. The second-order valence-corrected chi connectivity index (χ2v) is 6.17. The summed E-state index contributed by atoms with van der Waals surface area (Å²) in [5, 5.41) is 10.7. The Balaban J connectivity index is 1.79. The Bertz CT molecular complexity index is 918. The zero-order valence-electron chi connectivity index (χ0n) is 15.2. The Morgan fingerprint density at radius 2 is 1.68 bits per heavy atom. The van der Waals surface area contributed by atoms with Crippen molar-refractivity contribution in [1.29, 1.82) is 0 Å². The highest BCUT2D eigenvalue weighted by Crippen LogP contribution is 2.45. The summed E-state index contributed by atoms with van der Waals surface area (Å²) in [5.74, 6) is -0.157. The van der Waals surface area contributed by atoms with E-state index >= 15 is 0 Å². The van der Waals surface area contributed by atoms with Gasteiger partial charge < -0.3 is 18.9 Å². The van der Waals surface area contributed by atoms with Gasteiger partial charge in [0.15, 0.2) is 5.60 Å². The molecule has 0 radical (unpaired) electrons. The van der Waals surface area contributed by atoms with Crippen LogP contribution in [0.5, 0.6) is 17.2 Å². The quantitative estimate of drug-likeness (QED) is 0.234. The van der Waals surface area contributed by atoms with Crippen LogP contribution >= 0.6 is 0 Å². The summed E-state index contributed by atoms with van der Waals surface area (Å²) in [5.41, 5.74) is -0.301. The van der Waals surface area contributed by atoms with Gasteiger partial charge in [0, 0.05) is 37.6 Å². The third kappa shape index (κ3) is 4.44. The number of hydrogen-bond acceptors (Lipinski definition) is 8. The summed E-state index contributed by atoms with van der Waals surface area (Å²) >= 11 is 0. The van der Waals surface area contributed by atoms with Gasteiger partial charge in [-0.2, -0.15) is 0 Å². The fraction of sp³-hybridized carbons (Fsp3) is 0.263. The zero-order valence-corrected chi connectivity index (χ0v) is 15.2. The van der Waals surface area contributed by atoms with Crippen molar-refractivity contribution in [2.75, 3.05) is 13.2 Å². The van der Waals surface area contributed by atoms with Gasteiger partial charge in [-0.3, -0.25) is 19.7 Å². The van der Waals surface area contributed by atoms with Crippen molar-refractivity contribution in [3.05, 3.63) is 58.1 Å². The maximum atomic E-state index is 11.5. The van der Waals surface area contributed by atoms with Crippen LogP contribution in [0.25, 0.3) is 0 Å². The van der Waals surface area contributed by atoms with Crippen molar-refractivity contribution in [2.24, 2.45) is 0 Å². The molecule has 0 N–H and O–H groups in total. The highest BCUT2D eigenvalue weighted by atomic mass is 16.6. The molecule has 1 saturated heterocycles. The largest absolute Gasteiger partial charge is 0.490 e. The van der Waals surface area contributed by atoms with Gasteiger partial charge in [-0.15, -0.1) is 0 Å². The van der Waals surface area contributed by atoms with Gasteiger partial charge in [-0.1, -0.05) is 0 Å². The Labute approximate surface area is 159 Å². The van der Waals surface area contributed by atoms with Crippen LogP contribution in [0.15, 0.2) is 42.5 Å². The summed E-state index contributed by atoms with van der Waals surface area (Å²) in [4.78, 5) is 32.8. The molecule has 146 valence electrons. The van der Waals surface area contributed by atoms with Gasteiger partial charge in [0.25, 0.3) is 5.69 Å². The topological polar surface area (TPSA) is 118 Å². The van der Waals surface area contributed by atoms with E-state index in [1.807, 2.05) is 0 Å². The smallest absolute Gasteiger partial charge is 0.308 e. The number of ether oxygens (including phenoxy) is 4. The van der Waals surface area contributed by atoms with Crippen LogP contribution in [0.2, 0.25) is 0 Å². The predicted octanol–water partition coefficient (Wildman–Crippen LogP) is 2.75. The number of rotatable bonds is 7. The molecule has 0 saturated carbocycles. The van der Waals surface area contributed by atoms with Crippen LogP contribution in [0.1, 0.15) is 19.4 Å². The zero-order chi connectivity index (χ0) is 20.3. The van der Waals surface area contributed by atoms with Crippen molar-refractivity contribution < 1.29 is 33.5 Å². The molecule has 0 bridgehead atoms. The van der Waals surface area contributed by atoms with E-state index in [2.05, 4.69) is 0 Å². The maximum Gasteiger partial charge on any atom is 0.308 e. The first-order chi connectivity index (χ1) is 13.3. The van der Waals surface area contributed by atoms with Gasteiger partial charge >= 0.3 is 11.9 Å². The molecule has 1 atom stereocenters. The first-order valence-electron chi connectivity index (χ1n) is 8.32. The van der Waals surface area contributed by atoms with Crippen LogP contribution in [-0.4, -0.2) is 30.1 Å². The number of benzene rings is 2. The third-order valence-electron chi connectivity index (χ3n) is 3.97. The van der Waals surface area contributed by atoms with Crippen molar-refractivity contribution in [3.8, 4) is 17.2 Å². The summed E-state index contributed by atoms with van der Waals surface area (Å²) in [6.45, 7) is 2.96.